The van der Waals surface area contributed by atoms with E-state index in [1.54, 1.807) is 13.8 Å². The van der Waals surface area contributed by atoms with Gasteiger partial charge in [-0.25, -0.2) is 4.79 Å². The van der Waals surface area contributed by atoms with Gasteiger partial charge in [-0.2, -0.15) is 30.0 Å². The number of rotatable bonds is 10. The molecule has 0 saturated carbocycles. The summed E-state index contributed by atoms with van der Waals surface area (Å²) in [5, 5.41) is 9.08. The van der Waals surface area contributed by atoms with Gasteiger partial charge in [-0.15, -0.1) is 0 Å². The zero-order valence-corrected chi connectivity index (χ0v) is 23.3. The Hall–Kier alpha value is -3.59. The first kappa shape index (κ1) is 30.9. The van der Waals surface area contributed by atoms with Crippen molar-refractivity contribution < 1.29 is 57.8 Å². The summed E-state index contributed by atoms with van der Waals surface area (Å²) < 4.78 is 105. The molecular weight excluding hydrogens is 581 g/mol. The van der Waals surface area contributed by atoms with Crippen LogP contribution in [0.3, 0.4) is 0 Å². The number of fused-ring (bicyclic) bond motifs is 1. The number of alkyl halides is 3. The number of aliphatic carboxylic acids is 1. The lowest BCUT2D eigenvalue weighted by molar-refractivity contribution is -0.137. The van der Waals surface area contributed by atoms with Gasteiger partial charge in [-0.1, -0.05) is 36.3 Å². The minimum absolute atomic E-state index is 0.116. The first-order valence-corrected chi connectivity index (χ1v) is 14.4. The van der Waals surface area contributed by atoms with Crippen LogP contribution in [0, 0.1) is 19.8 Å². The van der Waals surface area contributed by atoms with Crippen molar-refractivity contribution in [2.45, 2.75) is 57.5 Å². The van der Waals surface area contributed by atoms with Crippen LogP contribution in [0.2, 0.25) is 0 Å². The molecule has 0 saturated heterocycles. The van der Waals surface area contributed by atoms with Gasteiger partial charge in [0.1, 0.15) is 17.1 Å². The summed E-state index contributed by atoms with van der Waals surface area (Å²) in [7, 11) is -10.9. The number of carboxylic acid groups (broad SMARTS) is 1. The van der Waals surface area contributed by atoms with Crippen LogP contribution in [-0.2, 0) is 42.8 Å². The largest absolute Gasteiger partial charge is 0.534 e. The van der Waals surface area contributed by atoms with Crippen molar-refractivity contribution in [3.8, 4) is 11.5 Å². The SMILES string of the molecule is C/C(=C\Cc1c(OS(=O)(=O)C(F)(F)F)c(C)c2c(c1OS(=O)(=O)c1ccc(C)cc1)C(=O)OC2)C(C)CC(=O)O. The molecule has 218 valence electrons. The highest BCUT2D eigenvalue weighted by Crippen LogP contribution is 2.45. The third-order valence-corrected chi connectivity index (χ3v) is 8.48. The van der Waals surface area contributed by atoms with Gasteiger partial charge in [0, 0.05) is 16.7 Å². The summed E-state index contributed by atoms with van der Waals surface area (Å²) in [5.41, 5.74) is -5.93. The average Bonchev–Trinajstić information content (AvgIpc) is 3.22. The second-order valence-electron chi connectivity index (χ2n) is 9.18. The predicted molar refractivity (Wildman–Crippen MR) is 134 cm³/mol. The lowest BCUT2D eigenvalue weighted by Crippen LogP contribution is -2.29. The number of halogens is 3. The Bertz CT molecular complexity index is 1590. The number of cyclic esters (lactones) is 1. The molecule has 10 nitrogen and oxygen atoms in total. The van der Waals surface area contributed by atoms with Crippen molar-refractivity contribution >= 4 is 32.2 Å². The van der Waals surface area contributed by atoms with Gasteiger partial charge >= 0.3 is 37.7 Å². The highest BCUT2D eigenvalue weighted by Gasteiger charge is 2.49. The van der Waals surface area contributed by atoms with Gasteiger partial charge in [0.2, 0.25) is 0 Å². The summed E-state index contributed by atoms with van der Waals surface area (Å²) >= 11 is 0. The van der Waals surface area contributed by atoms with Crippen LogP contribution in [0.25, 0.3) is 0 Å². The van der Waals surface area contributed by atoms with Crippen molar-refractivity contribution in [1.82, 2.24) is 0 Å². The van der Waals surface area contributed by atoms with E-state index in [9.17, 15) is 39.6 Å². The Kier molecular flexibility index (Phi) is 8.60. The van der Waals surface area contributed by atoms with Gasteiger partial charge in [-0.05, 0) is 45.2 Å². The van der Waals surface area contributed by atoms with Gasteiger partial charge in [-0.3, -0.25) is 4.79 Å². The number of carbonyl (C=O) groups excluding carboxylic acids is 1. The van der Waals surface area contributed by atoms with E-state index in [1.807, 2.05) is 0 Å². The molecule has 2 aromatic carbocycles. The first-order chi connectivity index (χ1) is 18.4. The predicted octanol–water partition coefficient (Wildman–Crippen LogP) is 4.57. The van der Waals surface area contributed by atoms with E-state index in [4.69, 9.17) is 14.0 Å². The van der Waals surface area contributed by atoms with Crippen molar-refractivity contribution in [2.75, 3.05) is 0 Å². The lowest BCUT2D eigenvalue weighted by atomic mass is 9.93. The van der Waals surface area contributed by atoms with Gasteiger partial charge in [0.25, 0.3) is 0 Å². The van der Waals surface area contributed by atoms with Crippen LogP contribution in [0.15, 0.2) is 40.8 Å². The maximum absolute atomic E-state index is 13.3. The van der Waals surface area contributed by atoms with Gasteiger partial charge in [0.15, 0.2) is 11.5 Å². The van der Waals surface area contributed by atoms with E-state index in [2.05, 4.69) is 4.18 Å². The Labute approximate surface area is 228 Å². The number of hydrogen-bond acceptors (Lipinski definition) is 9. The summed E-state index contributed by atoms with van der Waals surface area (Å²) in [5.74, 6) is -4.37. The van der Waals surface area contributed by atoms with E-state index in [0.29, 0.717) is 11.1 Å². The fourth-order valence-corrected chi connectivity index (χ4v) is 5.35. The molecule has 0 aliphatic carbocycles. The molecule has 1 atom stereocenters. The number of benzene rings is 2. The van der Waals surface area contributed by atoms with Crippen molar-refractivity contribution in [1.29, 1.82) is 0 Å². The van der Waals surface area contributed by atoms with Crippen LogP contribution < -0.4 is 8.37 Å². The van der Waals surface area contributed by atoms with Crippen LogP contribution in [0.4, 0.5) is 13.2 Å². The molecular formula is C25H25F3O10S2. The third-order valence-electron chi connectivity index (χ3n) is 6.29. The monoisotopic (exact) mass is 606 g/mol. The number of esters is 1. The Morgan fingerprint density at radius 3 is 2.25 bits per heavy atom. The van der Waals surface area contributed by atoms with E-state index >= 15 is 0 Å². The maximum atomic E-state index is 13.3. The first-order valence-electron chi connectivity index (χ1n) is 11.6. The van der Waals surface area contributed by atoms with E-state index in [1.165, 1.54) is 44.2 Å². The van der Waals surface area contributed by atoms with Crippen LogP contribution in [0.1, 0.15) is 52.9 Å². The average molecular weight is 607 g/mol. The van der Waals surface area contributed by atoms with Gasteiger partial charge < -0.3 is 18.2 Å². The lowest BCUT2D eigenvalue weighted by Gasteiger charge is -2.21. The Balaban J connectivity index is 2.30. The number of carbonyl (C=O) groups is 2. The molecule has 0 amide bonds. The van der Waals surface area contributed by atoms with Crippen molar-refractivity contribution in [2.24, 2.45) is 5.92 Å². The highest BCUT2D eigenvalue weighted by molar-refractivity contribution is 7.88. The summed E-state index contributed by atoms with van der Waals surface area (Å²) in [6.07, 6.45) is 0.570. The minimum Gasteiger partial charge on any atom is -0.481 e. The quantitative estimate of drug-likeness (QED) is 0.176. The summed E-state index contributed by atoms with van der Waals surface area (Å²) in [6, 6.07) is 5.34. The van der Waals surface area contributed by atoms with Gasteiger partial charge in [0.05, 0.1) is 6.42 Å². The number of allylic oxidation sites excluding steroid dienone is 2. The molecule has 0 fully saturated rings. The molecule has 1 unspecified atom stereocenters. The number of hydrogen-bond donors (Lipinski definition) is 1. The van der Waals surface area contributed by atoms with Crippen molar-refractivity contribution in [3.05, 3.63) is 63.7 Å². The third kappa shape index (κ3) is 6.41. The van der Waals surface area contributed by atoms with E-state index in [-0.39, 0.29) is 22.4 Å². The number of aryl methyl sites for hydroxylation is 1. The zero-order valence-electron chi connectivity index (χ0n) is 21.7. The molecule has 1 N–H and O–H groups in total. The highest BCUT2D eigenvalue weighted by atomic mass is 32.2. The smallest absolute Gasteiger partial charge is 0.481 e. The number of ether oxygens (including phenoxy) is 1. The second kappa shape index (κ2) is 11.1. The second-order valence-corrected chi connectivity index (χ2v) is 12.3. The summed E-state index contributed by atoms with van der Waals surface area (Å²) in [4.78, 5) is 23.4. The molecule has 2 aromatic rings. The van der Waals surface area contributed by atoms with Crippen LogP contribution >= 0.6 is 0 Å². The Morgan fingerprint density at radius 2 is 1.70 bits per heavy atom. The fraction of sp³-hybridized carbons (Fsp3) is 0.360. The van der Waals surface area contributed by atoms with Crippen molar-refractivity contribution in [3.63, 3.8) is 0 Å². The molecule has 0 bridgehead atoms. The minimum atomic E-state index is -6.24. The molecule has 1 aliphatic rings. The van der Waals surface area contributed by atoms with E-state index in [0.717, 1.165) is 0 Å². The summed E-state index contributed by atoms with van der Waals surface area (Å²) in [6.45, 7) is 5.47. The molecule has 40 heavy (non-hydrogen) atoms. The van der Waals surface area contributed by atoms with Crippen LogP contribution in [-0.4, -0.2) is 39.4 Å². The zero-order chi connectivity index (χ0) is 30.2. The molecule has 3 rings (SSSR count). The Morgan fingerprint density at radius 1 is 1.10 bits per heavy atom. The molecule has 0 aromatic heterocycles. The normalized spacial score (nSPS) is 14.9. The maximum Gasteiger partial charge on any atom is 0.534 e. The fourth-order valence-electron chi connectivity index (χ4n) is 3.85. The standard InChI is InChI=1S/C25H25F3O10S2/c1-13-5-8-17(9-6-13)39(32,33)37-23-18(10-7-14(2)15(3)11-20(29)30)22(38-40(34,35)25(26,27)28)16(4)19-12-36-24(31)21(19)23/h5-9,15H,10-12H2,1-4H3,(H,29,30)/b14-7+. The molecule has 0 spiro atoms. The number of carboxylic acids is 1. The molecule has 0 radical (unpaired) electrons. The van der Waals surface area contributed by atoms with Crippen LogP contribution in [0.5, 0.6) is 11.5 Å². The topological polar surface area (TPSA) is 150 Å². The molecule has 1 aliphatic heterocycles. The van der Waals surface area contributed by atoms with E-state index < -0.39 is 79.3 Å². The molecule has 1 heterocycles. The molecule has 15 heteroatoms.